The summed E-state index contributed by atoms with van der Waals surface area (Å²) in [5.74, 6) is -0.321. The zero-order valence-electron chi connectivity index (χ0n) is 13.6. The van der Waals surface area contributed by atoms with Crippen molar-refractivity contribution in [1.29, 1.82) is 0 Å². The van der Waals surface area contributed by atoms with E-state index in [9.17, 15) is 14.7 Å². The number of hydrogen-bond acceptors (Lipinski definition) is 5. The van der Waals surface area contributed by atoms with Crippen molar-refractivity contribution in [2.24, 2.45) is 11.8 Å². The molecule has 0 radical (unpaired) electrons. The Labute approximate surface area is 126 Å². The van der Waals surface area contributed by atoms with Crippen LogP contribution in [0.3, 0.4) is 0 Å². The van der Waals surface area contributed by atoms with Crippen LogP contribution in [0.25, 0.3) is 0 Å². The minimum Gasteiger partial charge on any atom is -0.469 e. The number of carbonyl (C=O) groups is 2. The number of nitrogens with zero attached hydrogens (tertiary/aromatic N) is 1. The predicted octanol–water partition coefficient (Wildman–Crippen LogP) is 1.80. The Morgan fingerprint density at radius 3 is 2.48 bits per heavy atom. The number of ether oxygens (including phenoxy) is 2. The quantitative estimate of drug-likeness (QED) is 0.804. The molecule has 1 saturated heterocycles. The summed E-state index contributed by atoms with van der Waals surface area (Å²) in [6.45, 7) is 8.53. The molecule has 1 N–H and O–H groups in total. The van der Waals surface area contributed by atoms with Crippen molar-refractivity contribution in [2.45, 2.75) is 52.2 Å². The van der Waals surface area contributed by atoms with Gasteiger partial charge in [0, 0.05) is 13.1 Å². The van der Waals surface area contributed by atoms with Crippen molar-refractivity contribution < 1.29 is 24.2 Å². The lowest BCUT2D eigenvalue weighted by Gasteiger charge is -2.39. The lowest BCUT2D eigenvalue weighted by Crippen LogP contribution is -2.47. The first-order chi connectivity index (χ1) is 9.64. The number of methoxy groups -OCH3 is 1. The van der Waals surface area contributed by atoms with Gasteiger partial charge in [0.25, 0.3) is 0 Å². The summed E-state index contributed by atoms with van der Waals surface area (Å²) in [5, 5.41) is 10.1. The van der Waals surface area contributed by atoms with Crippen molar-refractivity contribution in [3.8, 4) is 0 Å². The van der Waals surface area contributed by atoms with Gasteiger partial charge < -0.3 is 19.5 Å². The molecule has 0 spiro atoms. The third kappa shape index (κ3) is 5.53. The molecule has 1 fully saturated rings. The molecule has 3 atom stereocenters. The summed E-state index contributed by atoms with van der Waals surface area (Å²) in [7, 11) is 1.31. The molecule has 6 nitrogen and oxygen atoms in total. The number of esters is 1. The Bertz CT molecular complexity index is 377. The minimum absolute atomic E-state index is 0.00204. The molecule has 0 aromatic heterocycles. The van der Waals surface area contributed by atoms with Gasteiger partial charge in [0.05, 0.1) is 19.6 Å². The van der Waals surface area contributed by atoms with Gasteiger partial charge in [-0.15, -0.1) is 0 Å². The van der Waals surface area contributed by atoms with Crippen LogP contribution in [-0.4, -0.2) is 54.0 Å². The summed E-state index contributed by atoms with van der Waals surface area (Å²) >= 11 is 0. The van der Waals surface area contributed by atoms with Crippen molar-refractivity contribution in [3.63, 3.8) is 0 Å². The largest absolute Gasteiger partial charge is 0.469 e. The van der Waals surface area contributed by atoms with Gasteiger partial charge in [-0.25, -0.2) is 4.79 Å². The zero-order chi connectivity index (χ0) is 16.2. The molecule has 0 aromatic carbocycles. The van der Waals surface area contributed by atoms with Crippen molar-refractivity contribution in [1.82, 2.24) is 4.90 Å². The lowest BCUT2D eigenvalue weighted by molar-refractivity contribution is -0.144. The van der Waals surface area contributed by atoms with E-state index < -0.39 is 17.7 Å². The smallest absolute Gasteiger partial charge is 0.410 e. The summed E-state index contributed by atoms with van der Waals surface area (Å²) in [6, 6.07) is 0. The highest BCUT2D eigenvalue weighted by Gasteiger charge is 2.35. The molecule has 6 heteroatoms. The topological polar surface area (TPSA) is 76.1 Å². The first kappa shape index (κ1) is 17.8. The number of likely N-dealkylation sites (tertiary alicyclic amines) is 1. The first-order valence-electron chi connectivity index (χ1n) is 7.37. The molecule has 0 aliphatic carbocycles. The summed E-state index contributed by atoms with van der Waals surface area (Å²) in [4.78, 5) is 24.9. The van der Waals surface area contributed by atoms with Crippen LogP contribution in [0.4, 0.5) is 4.79 Å². The lowest BCUT2D eigenvalue weighted by atomic mass is 9.82. The first-order valence-corrected chi connectivity index (χ1v) is 7.37. The second kappa shape index (κ2) is 7.11. The van der Waals surface area contributed by atoms with Gasteiger partial charge in [-0.05, 0) is 39.0 Å². The molecule has 0 bridgehead atoms. The van der Waals surface area contributed by atoms with E-state index in [1.165, 1.54) is 7.11 Å². The summed E-state index contributed by atoms with van der Waals surface area (Å²) < 4.78 is 9.93. The minimum atomic E-state index is -0.728. The fourth-order valence-corrected chi connectivity index (χ4v) is 2.63. The molecule has 1 amide bonds. The van der Waals surface area contributed by atoms with Gasteiger partial charge >= 0.3 is 12.1 Å². The number of amides is 1. The van der Waals surface area contributed by atoms with Crippen LogP contribution in [0, 0.1) is 11.8 Å². The van der Waals surface area contributed by atoms with Crippen LogP contribution in [0.2, 0.25) is 0 Å². The second-order valence-electron chi connectivity index (χ2n) is 6.70. The highest BCUT2D eigenvalue weighted by molar-refractivity contribution is 5.70. The molecule has 122 valence electrons. The van der Waals surface area contributed by atoms with Crippen LogP contribution in [0.15, 0.2) is 0 Å². The Kier molecular flexibility index (Phi) is 6.01. The predicted molar refractivity (Wildman–Crippen MR) is 77.7 cm³/mol. The highest BCUT2D eigenvalue weighted by Crippen LogP contribution is 2.28. The van der Waals surface area contributed by atoms with E-state index in [0.29, 0.717) is 19.5 Å². The maximum atomic E-state index is 12.0. The van der Waals surface area contributed by atoms with E-state index in [1.807, 2.05) is 27.7 Å². The normalized spacial score (nSPS) is 24.4. The fourth-order valence-electron chi connectivity index (χ4n) is 2.63. The van der Waals surface area contributed by atoms with Crippen molar-refractivity contribution in [2.75, 3.05) is 20.2 Å². The third-order valence-electron chi connectivity index (χ3n) is 3.72. The Morgan fingerprint density at radius 1 is 1.38 bits per heavy atom. The van der Waals surface area contributed by atoms with Gasteiger partial charge in [-0.2, -0.15) is 0 Å². The molecule has 0 aromatic rings. The average Bonchev–Trinajstić information content (AvgIpc) is 2.36. The Balaban J connectivity index is 2.54. The Morgan fingerprint density at radius 2 is 2.00 bits per heavy atom. The number of rotatable bonds is 3. The monoisotopic (exact) mass is 301 g/mol. The van der Waals surface area contributed by atoms with Crippen LogP contribution in [0.1, 0.15) is 40.5 Å². The number of aliphatic hydroxyl groups is 1. The average molecular weight is 301 g/mol. The SMILES string of the molecule is COC(=O)C[C@@H](O)C1CCN(C(=O)OC(C)(C)C)CC1C. The van der Waals surface area contributed by atoms with E-state index >= 15 is 0 Å². The molecule has 1 aliphatic heterocycles. The van der Waals surface area contributed by atoms with Gasteiger partial charge in [0.1, 0.15) is 5.60 Å². The molecule has 1 aliphatic rings. The van der Waals surface area contributed by atoms with E-state index in [0.717, 1.165) is 0 Å². The third-order valence-corrected chi connectivity index (χ3v) is 3.72. The number of carbonyl (C=O) groups excluding carboxylic acids is 2. The Hall–Kier alpha value is -1.30. The number of piperidine rings is 1. The molecule has 0 saturated carbocycles. The van der Waals surface area contributed by atoms with Crippen LogP contribution in [0.5, 0.6) is 0 Å². The van der Waals surface area contributed by atoms with Gasteiger partial charge in [0.15, 0.2) is 0 Å². The van der Waals surface area contributed by atoms with Crippen molar-refractivity contribution in [3.05, 3.63) is 0 Å². The van der Waals surface area contributed by atoms with Gasteiger partial charge in [0.2, 0.25) is 0 Å². The van der Waals surface area contributed by atoms with Gasteiger partial charge in [-0.1, -0.05) is 6.92 Å². The van der Waals surface area contributed by atoms with E-state index in [-0.39, 0.29) is 24.3 Å². The van der Waals surface area contributed by atoms with Crippen molar-refractivity contribution >= 4 is 12.1 Å². The standard InChI is InChI=1S/C15H27NO5/c1-10-9-16(14(19)21-15(2,3)4)7-6-11(10)12(17)8-13(18)20-5/h10-12,17H,6-9H2,1-5H3/t10?,11?,12-/m1/s1. The van der Waals surface area contributed by atoms with E-state index in [1.54, 1.807) is 4.90 Å². The molecule has 2 unspecified atom stereocenters. The second-order valence-corrected chi connectivity index (χ2v) is 6.70. The fraction of sp³-hybridized carbons (Fsp3) is 0.867. The highest BCUT2D eigenvalue weighted by atomic mass is 16.6. The summed E-state index contributed by atoms with van der Waals surface area (Å²) in [6.07, 6.45) is -0.403. The van der Waals surface area contributed by atoms with Gasteiger partial charge in [-0.3, -0.25) is 4.79 Å². The van der Waals surface area contributed by atoms with Crippen LogP contribution in [-0.2, 0) is 14.3 Å². The molecule has 1 rings (SSSR count). The molecule has 1 heterocycles. The maximum Gasteiger partial charge on any atom is 0.410 e. The summed E-state index contributed by atoms with van der Waals surface area (Å²) in [5.41, 5.74) is -0.512. The maximum absolute atomic E-state index is 12.0. The van der Waals surface area contributed by atoms with Crippen LogP contribution < -0.4 is 0 Å². The molecular weight excluding hydrogens is 274 g/mol. The molecule has 21 heavy (non-hydrogen) atoms. The zero-order valence-corrected chi connectivity index (χ0v) is 13.6. The van der Waals surface area contributed by atoms with E-state index in [2.05, 4.69) is 4.74 Å². The number of hydrogen-bond donors (Lipinski definition) is 1. The van der Waals surface area contributed by atoms with Crippen LogP contribution >= 0.6 is 0 Å². The molecular formula is C15H27NO5. The van der Waals surface area contributed by atoms with E-state index in [4.69, 9.17) is 4.74 Å². The number of aliphatic hydroxyl groups excluding tert-OH is 1.